The molecule has 39 heavy (non-hydrogen) atoms. The fraction of sp³-hybridized carbons (Fsp3) is 0.130. The second kappa shape index (κ2) is 12.3. The van der Waals surface area contributed by atoms with Crippen LogP contribution in [0.15, 0.2) is 36.4 Å². The maximum atomic E-state index is 12.5. The Morgan fingerprint density at radius 2 is 0.974 bits per heavy atom. The summed E-state index contributed by atoms with van der Waals surface area (Å²) in [5.74, 6) is -1.16. The van der Waals surface area contributed by atoms with Crippen LogP contribution in [-0.2, 0) is 15.9 Å². The average Bonchev–Trinajstić information content (AvgIpc) is 2.88. The monoisotopic (exact) mass is 610 g/mol. The quantitative estimate of drug-likeness (QED) is 0.234. The highest BCUT2D eigenvalue weighted by molar-refractivity contribution is 6.31. The minimum absolute atomic E-state index is 0.0828. The summed E-state index contributed by atoms with van der Waals surface area (Å²) < 4.78 is 21.0. The highest BCUT2D eigenvalue weighted by Gasteiger charge is 2.19. The van der Waals surface area contributed by atoms with Crippen LogP contribution in [0.1, 0.15) is 31.8 Å². The molecule has 16 heteroatoms. The van der Waals surface area contributed by atoms with E-state index >= 15 is 0 Å². The van der Waals surface area contributed by atoms with Crippen LogP contribution in [0.5, 0.6) is 23.5 Å². The van der Waals surface area contributed by atoms with Crippen molar-refractivity contribution in [3.63, 3.8) is 0 Å². The van der Waals surface area contributed by atoms with Crippen LogP contribution in [0, 0.1) is 0 Å². The number of rotatable bonds is 8. The first kappa shape index (κ1) is 28.2. The molecule has 0 aliphatic heterocycles. The first-order valence-electron chi connectivity index (χ1n) is 10.6. The molecule has 2 aromatic heterocycles. The lowest BCUT2D eigenvalue weighted by Gasteiger charge is -2.13. The average molecular weight is 612 g/mol. The molecule has 2 aromatic carbocycles. The van der Waals surface area contributed by atoms with Crippen molar-refractivity contribution in [2.45, 2.75) is 6.42 Å². The van der Waals surface area contributed by atoms with Gasteiger partial charge in [-0.2, -0.15) is 29.9 Å². The molecule has 0 radical (unpaired) electrons. The van der Waals surface area contributed by atoms with Gasteiger partial charge in [-0.15, -0.1) is 0 Å². The summed E-state index contributed by atoms with van der Waals surface area (Å²) in [5, 5.41) is -0.734. The van der Waals surface area contributed by atoms with Crippen molar-refractivity contribution in [1.29, 1.82) is 0 Å². The Kier molecular flexibility index (Phi) is 8.92. The molecule has 0 saturated heterocycles. The van der Waals surface area contributed by atoms with Crippen molar-refractivity contribution in [1.82, 2.24) is 29.9 Å². The number of carbonyl (C=O) groups is 2. The smallest absolute Gasteiger partial charge is 0.341 e. The van der Waals surface area contributed by atoms with Crippen LogP contribution in [0.4, 0.5) is 0 Å². The van der Waals surface area contributed by atoms with Crippen molar-refractivity contribution >= 4 is 58.3 Å². The van der Waals surface area contributed by atoms with Crippen molar-refractivity contribution in [3.05, 3.63) is 79.8 Å². The molecule has 4 aromatic rings. The highest BCUT2D eigenvalue weighted by atomic mass is 35.5. The van der Waals surface area contributed by atoms with Crippen molar-refractivity contribution in [3.8, 4) is 23.5 Å². The van der Waals surface area contributed by atoms with Gasteiger partial charge < -0.3 is 18.9 Å². The minimum atomic E-state index is -0.674. The van der Waals surface area contributed by atoms with E-state index in [0.29, 0.717) is 17.5 Å². The van der Waals surface area contributed by atoms with E-state index in [0.717, 1.165) is 0 Å². The number of hydrogen-bond donors (Lipinski definition) is 0. The molecular formula is C23H14Cl4N6O6. The fourth-order valence-electron chi connectivity index (χ4n) is 3.23. The lowest BCUT2D eigenvalue weighted by Crippen LogP contribution is -2.07. The third-order valence-electron chi connectivity index (χ3n) is 4.83. The molecule has 0 aliphatic rings. The predicted octanol–water partition coefficient (Wildman–Crippen LogP) is 5.42. The van der Waals surface area contributed by atoms with Gasteiger partial charge in [-0.3, -0.25) is 0 Å². The third-order valence-corrected chi connectivity index (χ3v) is 5.51. The van der Waals surface area contributed by atoms with Gasteiger partial charge in [0, 0.05) is 0 Å². The Bertz CT molecular complexity index is 1420. The lowest BCUT2D eigenvalue weighted by molar-refractivity contribution is 0.0588. The summed E-state index contributed by atoms with van der Waals surface area (Å²) in [6.45, 7) is 0. The third kappa shape index (κ3) is 7.18. The zero-order chi connectivity index (χ0) is 28.1. The topological polar surface area (TPSA) is 148 Å². The molecule has 2 heterocycles. The lowest BCUT2D eigenvalue weighted by atomic mass is 10.00. The van der Waals surface area contributed by atoms with Crippen LogP contribution in [0.2, 0.25) is 21.1 Å². The Labute approximate surface area is 240 Å². The van der Waals surface area contributed by atoms with E-state index in [-0.39, 0.29) is 55.8 Å². The van der Waals surface area contributed by atoms with Gasteiger partial charge in [0.15, 0.2) is 0 Å². The Hall–Kier alpha value is -3.84. The highest BCUT2D eigenvalue weighted by Crippen LogP contribution is 2.30. The summed E-state index contributed by atoms with van der Waals surface area (Å²) in [6.07, 6.45) is 0.293. The van der Waals surface area contributed by atoms with Gasteiger partial charge >= 0.3 is 24.0 Å². The van der Waals surface area contributed by atoms with E-state index in [1.165, 1.54) is 26.4 Å². The maximum absolute atomic E-state index is 12.5. The molecule has 0 saturated carbocycles. The van der Waals surface area contributed by atoms with Crippen molar-refractivity contribution in [2.24, 2.45) is 0 Å². The molecule has 0 aliphatic carbocycles. The number of aromatic nitrogens is 6. The molecule has 0 spiro atoms. The zero-order valence-corrected chi connectivity index (χ0v) is 22.8. The number of benzene rings is 2. The van der Waals surface area contributed by atoms with Crippen molar-refractivity contribution in [2.75, 3.05) is 14.2 Å². The largest absolute Gasteiger partial charge is 0.465 e. The van der Waals surface area contributed by atoms with E-state index in [4.69, 9.17) is 65.4 Å². The summed E-state index contributed by atoms with van der Waals surface area (Å²) in [4.78, 5) is 47.6. The summed E-state index contributed by atoms with van der Waals surface area (Å²) >= 11 is 23.2. The number of methoxy groups -OCH3 is 2. The van der Waals surface area contributed by atoms with Gasteiger partial charge in [-0.25, -0.2) is 9.59 Å². The second-order valence-electron chi connectivity index (χ2n) is 7.34. The molecule has 0 atom stereocenters. The molecule has 0 N–H and O–H groups in total. The minimum Gasteiger partial charge on any atom is -0.465 e. The van der Waals surface area contributed by atoms with Gasteiger partial charge in [-0.1, -0.05) is 12.1 Å². The Morgan fingerprint density at radius 1 is 0.615 bits per heavy atom. The molecule has 200 valence electrons. The first-order chi connectivity index (χ1) is 18.6. The van der Waals surface area contributed by atoms with Gasteiger partial charge in [0.1, 0.15) is 22.6 Å². The van der Waals surface area contributed by atoms with Gasteiger partial charge in [0.25, 0.3) is 0 Å². The number of carbonyl (C=O) groups excluding carboxylic acids is 2. The number of nitrogens with zero attached hydrogens (tertiary/aromatic N) is 6. The van der Waals surface area contributed by atoms with Crippen LogP contribution >= 0.6 is 46.4 Å². The van der Waals surface area contributed by atoms with E-state index in [1.807, 2.05) is 0 Å². The summed E-state index contributed by atoms with van der Waals surface area (Å²) in [5.41, 5.74) is 1.52. The van der Waals surface area contributed by atoms with Gasteiger partial charge in [0.2, 0.25) is 21.1 Å². The maximum Gasteiger partial charge on any atom is 0.341 e. The Balaban J connectivity index is 1.64. The number of halogens is 4. The standard InChI is InChI=1S/C23H14Cl4N6O6/c1-36-16(34)12-8-10(3-5-14(12)38-22-30-18(24)28-19(25)31-22)7-11-4-6-15(13(9-11)17(35)37-2)39-23-32-20(26)29-21(27)33-23/h3-6,8-9H,7H2,1-2H3. The molecule has 4 rings (SSSR count). The normalized spacial score (nSPS) is 10.6. The molecule has 0 unspecified atom stereocenters. The number of hydrogen-bond acceptors (Lipinski definition) is 12. The van der Waals surface area contributed by atoms with Gasteiger partial charge in [0.05, 0.1) is 14.2 Å². The van der Waals surface area contributed by atoms with E-state index < -0.39 is 11.9 Å². The molecule has 0 amide bonds. The van der Waals surface area contributed by atoms with E-state index in [2.05, 4.69) is 29.9 Å². The SMILES string of the molecule is COC(=O)c1cc(Cc2ccc(Oc3nc(Cl)nc(Cl)n3)c(C(=O)OC)c2)ccc1Oc1nc(Cl)nc(Cl)n1. The van der Waals surface area contributed by atoms with Crippen LogP contribution in [0.3, 0.4) is 0 Å². The predicted molar refractivity (Wildman–Crippen MR) is 138 cm³/mol. The second-order valence-corrected chi connectivity index (χ2v) is 8.69. The first-order valence-corrected chi connectivity index (χ1v) is 12.1. The van der Waals surface area contributed by atoms with Crippen LogP contribution < -0.4 is 9.47 Å². The van der Waals surface area contributed by atoms with Gasteiger partial charge in [-0.05, 0) is 88.2 Å². The molecule has 12 nitrogen and oxygen atoms in total. The fourth-order valence-corrected chi connectivity index (χ4v) is 3.93. The zero-order valence-electron chi connectivity index (χ0n) is 19.8. The van der Waals surface area contributed by atoms with Crippen molar-refractivity contribution < 1.29 is 28.5 Å². The van der Waals surface area contributed by atoms with Crippen LogP contribution in [0.25, 0.3) is 0 Å². The molecule has 0 fully saturated rings. The summed E-state index contributed by atoms with van der Waals surface area (Å²) in [7, 11) is 2.45. The number of ether oxygens (including phenoxy) is 4. The number of esters is 2. The van der Waals surface area contributed by atoms with E-state index in [1.54, 1.807) is 24.3 Å². The molecule has 0 bridgehead atoms. The Morgan fingerprint density at radius 3 is 1.31 bits per heavy atom. The molecular weight excluding hydrogens is 598 g/mol. The van der Waals surface area contributed by atoms with E-state index in [9.17, 15) is 9.59 Å². The summed E-state index contributed by atoms with van der Waals surface area (Å²) in [6, 6.07) is 9.15. The van der Waals surface area contributed by atoms with Crippen LogP contribution in [-0.4, -0.2) is 56.1 Å².